The molecular weight excluding hydrogens is 395 g/mol. The monoisotopic (exact) mass is 415 g/mol. The van der Waals surface area contributed by atoms with E-state index in [1.165, 1.54) is 6.07 Å². The molecule has 5 N–H and O–H groups in total. The Morgan fingerprint density at radius 3 is 2.57 bits per heavy atom. The number of nitriles is 1. The number of fused-ring (bicyclic) bond motifs is 1. The summed E-state index contributed by atoms with van der Waals surface area (Å²) >= 11 is 0. The molecule has 0 spiro atoms. The normalized spacial score (nSPS) is 18.4. The van der Waals surface area contributed by atoms with Gasteiger partial charge in [-0.15, -0.1) is 5.10 Å². The van der Waals surface area contributed by atoms with Crippen LogP contribution in [0.15, 0.2) is 29.7 Å². The van der Waals surface area contributed by atoms with Crippen molar-refractivity contribution >= 4 is 0 Å². The van der Waals surface area contributed by atoms with Gasteiger partial charge in [-0.2, -0.15) is 18.4 Å². The van der Waals surface area contributed by atoms with E-state index in [2.05, 4.69) is 28.1 Å². The Morgan fingerprint density at radius 2 is 2.00 bits per heavy atom. The van der Waals surface area contributed by atoms with Gasteiger partial charge in [0.1, 0.15) is 11.6 Å². The molecule has 6 nitrogen and oxygen atoms in total. The number of hydrogen-bond acceptors (Lipinski definition) is 5. The number of aromatic amines is 1. The van der Waals surface area contributed by atoms with E-state index in [1.807, 2.05) is 0 Å². The zero-order valence-electron chi connectivity index (χ0n) is 16.6. The van der Waals surface area contributed by atoms with E-state index in [4.69, 9.17) is 16.2 Å². The van der Waals surface area contributed by atoms with Crippen molar-refractivity contribution in [1.29, 1.82) is 5.26 Å². The first kappa shape index (κ1) is 21.3. The van der Waals surface area contributed by atoms with Crippen molar-refractivity contribution in [2.24, 2.45) is 17.4 Å². The molecule has 1 aliphatic heterocycles. The van der Waals surface area contributed by atoms with E-state index in [0.717, 1.165) is 12.1 Å². The highest BCUT2D eigenvalue weighted by Crippen LogP contribution is 2.53. The fraction of sp³-hybridized carbons (Fsp3) is 0.333. The lowest BCUT2D eigenvalue weighted by Gasteiger charge is -2.41. The zero-order valence-corrected chi connectivity index (χ0v) is 16.6. The second-order valence-corrected chi connectivity index (χ2v) is 7.25. The first-order valence-corrected chi connectivity index (χ1v) is 9.12. The van der Waals surface area contributed by atoms with Crippen molar-refractivity contribution < 1.29 is 17.9 Å². The summed E-state index contributed by atoms with van der Waals surface area (Å²) in [6.45, 7) is 5.32. The van der Waals surface area contributed by atoms with Crippen LogP contribution in [0.2, 0.25) is 0 Å². The number of nitrogens with zero attached hydrogens (tertiary/aromatic N) is 2. The lowest BCUT2D eigenvalue weighted by Crippen LogP contribution is -2.41. The molecule has 0 radical (unpaired) electrons. The quantitative estimate of drug-likeness (QED) is 0.653. The summed E-state index contributed by atoms with van der Waals surface area (Å²) in [5.41, 5.74) is 10.6. The number of alkyl halides is 3. The number of H-pyrrole nitrogens is 1. The molecule has 0 aliphatic carbocycles. The van der Waals surface area contributed by atoms with E-state index in [9.17, 15) is 18.4 Å². The van der Waals surface area contributed by atoms with Crippen molar-refractivity contribution in [1.82, 2.24) is 10.2 Å². The molecule has 0 saturated carbocycles. The first-order chi connectivity index (χ1) is 14.1. The molecule has 0 amide bonds. The Bertz CT molecular complexity index is 1130. The first-order valence-electron chi connectivity index (χ1n) is 9.12. The summed E-state index contributed by atoms with van der Waals surface area (Å²) < 4.78 is 46.7. The summed E-state index contributed by atoms with van der Waals surface area (Å²) in [5.74, 6) is 4.81. The van der Waals surface area contributed by atoms with E-state index >= 15 is 0 Å². The maximum atomic E-state index is 13.7. The average molecular weight is 415 g/mol. The van der Waals surface area contributed by atoms with Gasteiger partial charge in [-0.1, -0.05) is 25.7 Å². The van der Waals surface area contributed by atoms with Gasteiger partial charge in [-0.3, -0.25) is 5.10 Å². The number of aromatic nitrogens is 2. The van der Waals surface area contributed by atoms with E-state index in [-0.39, 0.29) is 40.9 Å². The van der Waals surface area contributed by atoms with E-state index in [0.29, 0.717) is 11.3 Å². The second-order valence-electron chi connectivity index (χ2n) is 7.25. The van der Waals surface area contributed by atoms with Crippen molar-refractivity contribution in [3.05, 3.63) is 57.6 Å². The highest BCUT2D eigenvalue weighted by Gasteiger charge is 2.51. The van der Waals surface area contributed by atoms with Gasteiger partial charge in [0.2, 0.25) is 11.8 Å². The molecular formula is C21H20F3N5O. The summed E-state index contributed by atoms with van der Waals surface area (Å²) in [7, 11) is 0. The molecule has 0 fully saturated rings. The van der Waals surface area contributed by atoms with Crippen molar-refractivity contribution in [2.45, 2.75) is 32.4 Å². The molecule has 9 heteroatoms. The van der Waals surface area contributed by atoms with Gasteiger partial charge in [0.15, 0.2) is 0 Å². The average Bonchev–Trinajstić information content (AvgIpc) is 3.04. The van der Waals surface area contributed by atoms with Crippen LogP contribution in [-0.4, -0.2) is 16.7 Å². The molecule has 1 atom stereocenters. The van der Waals surface area contributed by atoms with Crippen molar-refractivity contribution in [2.75, 3.05) is 6.54 Å². The van der Waals surface area contributed by atoms with Gasteiger partial charge in [-0.25, -0.2) is 0 Å². The predicted octanol–water partition coefficient (Wildman–Crippen LogP) is 3.08. The smallest absolute Gasteiger partial charge is 0.416 e. The van der Waals surface area contributed by atoms with Crippen LogP contribution in [0.4, 0.5) is 13.2 Å². The molecule has 156 valence electrons. The highest BCUT2D eigenvalue weighted by molar-refractivity contribution is 5.63. The molecule has 1 aromatic carbocycles. The minimum atomic E-state index is -4.62. The molecule has 1 aromatic heterocycles. The fourth-order valence-electron chi connectivity index (χ4n) is 4.01. The number of nitrogens with two attached hydrogens (primary N) is 2. The summed E-state index contributed by atoms with van der Waals surface area (Å²) in [6, 6.07) is 5.57. The molecule has 0 saturated heterocycles. The van der Waals surface area contributed by atoms with Crippen LogP contribution < -0.4 is 16.2 Å². The maximum absolute atomic E-state index is 13.7. The minimum absolute atomic E-state index is 0.00394. The Labute approximate surface area is 171 Å². The highest BCUT2D eigenvalue weighted by atomic mass is 19.4. The molecule has 1 aliphatic rings. The van der Waals surface area contributed by atoms with Crippen molar-refractivity contribution in [3.63, 3.8) is 0 Å². The standard InChI is InChI=1S/C21H20F3N5O/c1-11(2)20(16(10-26)18(27)30-19-17(20)12(3)28-29-19)14-7-13(5-4-6-25)8-15(9-14)21(22,23)24/h7-9,11H,6,25,27H2,1-3H3,(H,28,29). The molecule has 1 unspecified atom stereocenters. The Morgan fingerprint density at radius 1 is 1.30 bits per heavy atom. The maximum Gasteiger partial charge on any atom is 0.416 e. The molecule has 0 bridgehead atoms. The van der Waals surface area contributed by atoms with Gasteiger partial charge in [0.25, 0.3) is 0 Å². The minimum Gasteiger partial charge on any atom is -0.420 e. The van der Waals surface area contributed by atoms with Crippen LogP contribution in [0.5, 0.6) is 5.88 Å². The number of hydrogen-bond donors (Lipinski definition) is 3. The summed E-state index contributed by atoms with van der Waals surface area (Å²) in [5, 5.41) is 16.8. The number of benzene rings is 1. The molecule has 2 heterocycles. The SMILES string of the molecule is Cc1[nH]nc2c1C(c1cc(C#CCN)cc(C(F)(F)F)c1)(C(C)C)C(C#N)=C(N)O2. The van der Waals surface area contributed by atoms with Gasteiger partial charge < -0.3 is 16.2 Å². The Kier molecular flexibility index (Phi) is 5.27. The summed E-state index contributed by atoms with van der Waals surface area (Å²) in [6.07, 6.45) is -4.62. The topological polar surface area (TPSA) is 114 Å². The number of halogens is 3. The van der Waals surface area contributed by atoms with Gasteiger partial charge in [0, 0.05) is 11.3 Å². The largest absolute Gasteiger partial charge is 0.420 e. The molecule has 2 aromatic rings. The van der Waals surface area contributed by atoms with Crippen molar-refractivity contribution in [3.8, 4) is 23.8 Å². The zero-order chi connectivity index (χ0) is 22.3. The van der Waals surface area contributed by atoms with E-state index < -0.39 is 17.2 Å². The van der Waals surface area contributed by atoms with Gasteiger partial charge in [-0.05, 0) is 36.6 Å². The lowest BCUT2D eigenvalue weighted by molar-refractivity contribution is -0.137. The third kappa shape index (κ3) is 3.17. The third-order valence-electron chi connectivity index (χ3n) is 5.18. The van der Waals surface area contributed by atoms with Crippen LogP contribution in [-0.2, 0) is 11.6 Å². The molecule has 30 heavy (non-hydrogen) atoms. The number of ether oxygens (including phenoxy) is 1. The molecule has 3 rings (SSSR count). The third-order valence-corrected chi connectivity index (χ3v) is 5.18. The van der Waals surface area contributed by atoms with Crippen LogP contribution in [0.1, 0.15) is 41.8 Å². The number of aryl methyl sites for hydroxylation is 1. The second kappa shape index (κ2) is 7.43. The van der Waals surface area contributed by atoms with Crippen LogP contribution in [0.25, 0.3) is 0 Å². The number of rotatable bonds is 2. The van der Waals surface area contributed by atoms with E-state index in [1.54, 1.807) is 20.8 Å². The summed E-state index contributed by atoms with van der Waals surface area (Å²) in [4.78, 5) is 0. The fourth-order valence-corrected chi connectivity index (χ4v) is 4.01. The number of nitrogens with one attached hydrogen (secondary N) is 1. The van der Waals surface area contributed by atoms with Gasteiger partial charge >= 0.3 is 6.18 Å². The Hall–Kier alpha value is -3.43. The van der Waals surface area contributed by atoms with Crippen LogP contribution >= 0.6 is 0 Å². The van der Waals surface area contributed by atoms with Crippen LogP contribution in [0, 0.1) is 36.0 Å². The Balaban J connectivity index is 2.48. The lowest BCUT2D eigenvalue weighted by atomic mass is 9.61. The predicted molar refractivity (Wildman–Crippen MR) is 104 cm³/mol. The number of allylic oxidation sites excluding steroid dienone is 1. The van der Waals surface area contributed by atoms with Gasteiger partial charge in [0.05, 0.1) is 23.1 Å². The van der Waals surface area contributed by atoms with Crippen LogP contribution in [0.3, 0.4) is 0 Å².